The van der Waals surface area contributed by atoms with E-state index in [1.54, 1.807) is 13.8 Å². The Balaban J connectivity index is 3.42. The van der Waals surface area contributed by atoms with Crippen molar-refractivity contribution >= 4 is 29.2 Å². The van der Waals surface area contributed by atoms with Crippen molar-refractivity contribution in [2.45, 2.75) is 58.3 Å². The van der Waals surface area contributed by atoms with E-state index in [4.69, 9.17) is 16.6 Å². The van der Waals surface area contributed by atoms with E-state index in [0.29, 0.717) is 0 Å². The van der Waals surface area contributed by atoms with Gasteiger partial charge in [-0.1, -0.05) is 39.8 Å². The van der Waals surface area contributed by atoms with Crippen LogP contribution in [0.1, 0.15) is 61.3 Å². The van der Waals surface area contributed by atoms with Crippen LogP contribution in [0.2, 0.25) is 0 Å². The molecule has 1 amide bonds. The van der Waals surface area contributed by atoms with Gasteiger partial charge < -0.3 is 21.9 Å². The molecule has 0 aliphatic rings. The van der Waals surface area contributed by atoms with Crippen molar-refractivity contribution in [1.82, 2.24) is 5.32 Å². The van der Waals surface area contributed by atoms with Crippen LogP contribution in [0.4, 0.5) is 13.2 Å². The summed E-state index contributed by atoms with van der Waals surface area (Å²) in [5.74, 6) is -8.80. The van der Waals surface area contributed by atoms with Gasteiger partial charge in [0.1, 0.15) is 12.3 Å². The molecule has 9 nitrogen and oxygen atoms in total. The van der Waals surface area contributed by atoms with Crippen LogP contribution >= 0.6 is 0 Å². The molecule has 3 atom stereocenters. The van der Waals surface area contributed by atoms with Gasteiger partial charge in [-0.25, -0.2) is 0 Å². The monoisotopic (exact) mass is 515 g/mol. The first kappa shape index (κ1) is 30.9. The Bertz CT molecular complexity index is 992. The maximum Gasteiger partial charge on any atom is 0.451 e. The number of nitrogens with two attached hydrogens (primary N) is 2. The normalized spacial score (nSPS) is 15.2. The number of carbonyl (C=O) groups is 5. The fraction of sp³-hybridized carbons (Fsp3) is 0.542. The highest BCUT2D eigenvalue weighted by atomic mass is 19.4. The molecule has 0 saturated heterocycles. The van der Waals surface area contributed by atoms with E-state index < -0.39 is 71.8 Å². The van der Waals surface area contributed by atoms with E-state index in [1.165, 1.54) is 26.0 Å². The summed E-state index contributed by atoms with van der Waals surface area (Å²) in [7, 11) is 0. The van der Waals surface area contributed by atoms with Gasteiger partial charge in [0.25, 0.3) is 11.7 Å². The molecule has 0 spiro atoms. The molecule has 6 N–H and O–H groups in total. The predicted octanol–water partition coefficient (Wildman–Crippen LogP) is 2.12. The van der Waals surface area contributed by atoms with E-state index in [1.807, 2.05) is 0 Å². The molecular weight excluding hydrogens is 483 g/mol. The highest BCUT2D eigenvalue weighted by Gasteiger charge is 2.57. The maximum atomic E-state index is 13.5. The SMILES string of the molecule is CC(C)[C@H](N)C(=O)CCC(C(=O)c1ccc(C(=O)NCC(=O)O)cc1)C(N)(C(=O)C(F)(F)F)C(C)C. The Morgan fingerprint density at radius 1 is 0.972 bits per heavy atom. The van der Waals surface area contributed by atoms with Gasteiger partial charge in [-0.3, -0.25) is 24.0 Å². The Kier molecular flexibility index (Phi) is 10.5. The number of benzene rings is 1. The molecule has 2 unspecified atom stereocenters. The minimum atomic E-state index is -5.33. The van der Waals surface area contributed by atoms with Gasteiger partial charge in [-0.2, -0.15) is 13.2 Å². The van der Waals surface area contributed by atoms with Crippen LogP contribution in [0.3, 0.4) is 0 Å². The van der Waals surface area contributed by atoms with Gasteiger partial charge in [0.05, 0.1) is 11.6 Å². The minimum Gasteiger partial charge on any atom is -0.480 e. The molecule has 0 heterocycles. The van der Waals surface area contributed by atoms with Gasteiger partial charge in [-0.15, -0.1) is 0 Å². The number of amides is 1. The van der Waals surface area contributed by atoms with Crippen LogP contribution in [-0.2, 0) is 14.4 Å². The lowest BCUT2D eigenvalue weighted by Gasteiger charge is -2.39. The molecule has 36 heavy (non-hydrogen) atoms. The Hall–Kier alpha value is -3.12. The van der Waals surface area contributed by atoms with Crippen molar-refractivity contribution in [2.75, 3.05) is 6.54 Å². The number of rotatable bonds is 13. The smallest absolute Gasteiger partial charge is 0.451 e. The fourth-order valence-corrected chi connectivity index (χ4v) is 3.73. The lowest BCUT2D eigenvalue weighted by molar-refractivity contribution is -0.180. The number of hydrogen-bond donors (Lipinski definition) is 4. The van der Waals surface area contributed by atoms with Gasteiger partial charge in [-0.05, 0) is 30.4 Å². The molecule has 0 bridgehead atoms. The van der Waals surface area contributed by atoms with Crippen molar-refractivity contribution in [3.63, 3.8) is 0 Å². The number of halogens is 3. The van der Waals surface area contributed by atoms with Crippen molar-refractivity contribution < 1.29 is 42.3 Å². The number of nitrogens with one attached hydrogen (secondary N) is 1. The molecular formula is C24H32F3N3O6. The number of carboxylic acids is 1. The number of ketones is 3. The summed E-state index contributed by atoms with van der Waals surface area (Å²) >= 11 is 0. The molecule has 1 rings (SSSR count). The third-order valence-electron chi connectivity index (χ3n) is 6.10. The van der Waals surface area contributed by atoms with Crippen LogP contribution in [0.5, 0.6) is 0 Å². The van der Waals surface area contributed by atoms with Crippen LogP contribution in [0, 0.1) is 17.8 Å². The van der Waals surface area contributed by atoms with Crippen LogP contribution in [0.25, 0.3) is 0 Å². The molecule has 0 saturated carbocycles. The zero-order valence-electron chi connectivity index (χ0n) is 20.5. The minimum absolute atomic E-state index is 0.00308. The maximum absolute atomic E-state index is 13.5. The molecule has 0 aliphatic heterocycles. The van der Waals surface area contributed by atoms with E-state index in [9.17, 15) is 37.1 Å². The first-order valence-corrected chi connectivity index (χ1v) is 11.3. The standard InChI is InChI=1S/C24H32F3N3O6/c1-12(2)19(28)17(31)10-9-16(23(29,13(3)4)22(36)24(25,26)27)20(34)14-5-7-15(8-6-14)21(35)30-11-18(32)33/h5-8,12-13,16,19H,9-11,28-29H2,1-4H3,(H,30,35)(H,32,33)/t16?,19-,23?/m0/s1. The molecule has 200 valence electrons. The summed E-state index contributed by atoms with van der Waals surface area (Å²) in [6.45, 7) is 5.29. The van der Waals surface area contributed by atoms with Crippen LogP contribution in [-0.4, -0.2) is 58.6 Å². The molecule has 1 aromatic rings. The van der Waals surface area contributed by atoms with Gasteiger partial charge in [0.15, 0.2) is 5.78 Å². The molecule has 12 heteroatoms. The first-order valence-electron chi connectivity index (χ1n) is 11.3. The van der Waals surface area contributed by atoms with Crippen molar-refractivity contribution in [3.8, 4) is 0 Å². The number of hydrogen-bond acceptors (Lipinski definition) is 7. The Morgan fingerprint density at radius 3 is 1.89 bits per heavy atom. The topological polar surface area (TPSA) is 170 Å². The zero-order chi connectivity index (χ0) is 28.0. The summed E-state index contributed by atoms with van der Waals surface area (Å²) < 4.78 is 40.6. The average molecular weight is 516 g/mol. The van der Waals surface area contributed by atoms with Crippen LogP contribution in [0.15, 0.2) is 24.3 Å². The predicted molar refractivity (Wildman–Crippen MR) is 124 cm³/mol. The third-order valence-corrected chi connectivity index (χ3v) is 6.10. The molecule has 0 radical (unpaired) electrons. The summed E-state index contributed by atoms with van der Waals surface area (Å²) in [4.78, 5) is 61.0. The zero-order valence-corrected chi connectivity index (χ0v) is 20.5. The Labute approximate surface area is 206 Å². The van der Waals surface area contributed by atoms with Crippen molar-refractivity contribution in [1.29, 1.82) is 0 Å². The van der Waals surface area contributed by atoms with Crippen molar-refractivity contribution in [2.24, 2.45) is 29.2 Å². The highest BCUT2D eigenvalue weighted by Crippen LogP contribution is 2.37. The second-order valence-corrected chi connectivity index (χ2v) is 9.26. The second kappa shape index (κ2) is 12.2. The van der Waals surface area contributed by atoms with E-state index in [0.717, 1.165) is 12.1 Å². The van der Waals surface area contributed by atoms with E-state index in [-0.39, 0.29) is 23.5 Å². The van der Waals surface area contributed by atoms with Crippen LogP contribution < -0.4 is 16.8 Å². The van der Waals surface area contributed by atoms with Crippen molar-refractivity contribution in [3.05, 3.63) is 35.4 Å². The van der Waals surface area contributed by atoms with E-state index in [2.05, 4.69) is 5.32 Å². The fourth-order valence-electron chi connectivity index (χ4n) is 3.73. The number of alkyl halides is 3. The molecule has 1 aromatic carbocycles. The number of carboxylic acid groups (broad SMARTS) is 1. The molecule has 0 aliphatic carbocycles. The Morgan fingerprint density at radius 2 is 1.47 bits per heavy atom. The molecule has 0 fully saturated rings. The van der Waals surface area contributed by atoms with Gasteiger partial charge in [0.2, 0.25) is 0 Å². The second-order valence-electron chi connectivity index (χ2n) is 9.26. The largest absolute Gasteiger partial charge is 0.480 e. The lowest BCUT2D eigenvalue weighted by Crippen LogP contribution is -2.64. The summed E-state index contributed by atoms with van der Waals surface area (Å²) in [6, 6.07) is 3.77. The number of Topliss-reactive ketones (excluding diaryl/α,β-unsaturated/α-hetero) is 3. The van der Waals surface area contributed by atoms with Gasteiger partial charge in [0, 0.05) is 23.5 Å². The number of aliphatic carboxylic acids is 1. The average Bonchev–Trinajstić information content (AvgIpc) is 2.80. The van der Waals surface area contributed by atoms with E-state index >= 15 is 0 Å². The summed E-state index contributed by atoms with van der Waals surface area (Å²) in [5, 5.41) is 10.8. The summed E-state index contributed by atoms with van der Waals surface area (Å²) in [5.41, 5.74) is 9.09. The summed E-state index contributed by atoms with van der Waals surface area (Å²) in [6.07, 6.45) is -6.15. The quantitative estimate of drug-likeness (QED) is 0.290. The molecule has 0 aromatic heterocycles. The number of carbonyl (C=O) groups excluding carboxylic acids is 4. The lowest BCUT2D eigenvalue weighted by atomic mass is 9.68. The van der Waals surface area contributed by atoms with Gasteiger partial charge >= 0.3 is 12.1 Å². The first-order chi connectivity index (χ1) is 16.4. The third kappa shape index (κ3) is 7.44. The highest BCUT2D eigenvalue weighted by molar-refractivity contribution is 6.06.